The Morgan fingerprint density at radius 2 is 1.82 bits per heavy atom. The molecule has 4 rings (SSSR count). The van der Waals surface area contributed by atoms with Crippen LogP contribution in [0.2, 0.25) is 0 Å². The zero-order chi connectivity index (χ0) is 14.9. The van der Waals surface area contributed by atoms with E-state index in [1.807, 2.05) is 0 Å². The number of rotatable bonds is 6. The van der Waals surface area contributed by atoms with E-state index in [0.29, 0.717) is 24.6 Å². The van der Waals surface area contributed by atoms with Gasteiger partial charge in [-0.2, -0.15) is 4.98 Å². The van der Waals surface area contributed by atoms with E-state index in [-0.39, 0.29) is 0 Å². The van der Waals surface area contributed by atoms with Gasteiger partial charge in [0.05, 0.1) is 13.2 Å². The fourth-order valence-corrected chi connectivity index (χ4v) is 3.94. The van der Waals surface area contributed by atoms with E-state index in [2.05, 4.69) is 19.9 Å². The quantitative estimate of drug-likeness (QED) is 0.856. The number of hydrogen-bond acceptors (Lipinski definition) is 6. The van der Waals surface area contributed by atoms with Gasteiger partial charge in [0.2, 0.25) is 5.89 Å². The fourth-order valence-electron chi connectivity index (χ4n) is 3.94. The van der Waals surface area contributed by atoms with Crippen molar-refractivity contribution in [1.82, 2.24) is 19.9 Å². The van der Waals surface area contributed by atoms with E-state index in [9.17, 15) is 5.11 Å². The first kappa shape index (κ1) is 14.6. The number of hydrogen-bond donors (Lipinski definition) is 1. The molecule has 6 nitrogen and oxygen atoms in total. The Balaban J connectivity index is 1.35. The summed E-state index contributed by atoms with van der Waals surface area (Å²) in [6.07, 6.45) is 7.25. The lowest BCUT2D eigenvalue weighted by molar-refractivity contribution is 0.115. The van der Waals surface area contributed by atoms with Crippen LogP contribution < -0.4 is 0 Å². The molecule has 3 heterocycles. The first-order valence-corrected chi connectivity index (χ1v) is 8.75. The van der Waals surface area contributed by atoms with Gasteiger partial charge in [-0.05, 0) is 51.6 Å². The zero-order valence-electron chi connectivity index (χ0n) is 13.2. The van der Waals surface area contributed by atoms with Crippen LogP contribution in [0.1, 0.15) is 56.2 Å². The van der Waals surface area contributed by atoms with Gasteiger partial charge in [-0.1, -0.05) is 5.16 Å². The van der Waals surface area contributed by atoms with Crippen LogP contribution in [0.4, 0.5) is 0 Å². The van der Waals surface area contributed by atoms with Crippen LogP contribution in [0.15, 0.2) is 4.52 Å². The molecule has 2 saturated heterocycles. The molecule has 22 heavy (non-hydrogen) atoms. The van der Waals surface area contributed by atoms with Crippen LogP contribution >= 0.6 is 0 Å². The number of aliphatic hydroxyl groups is 1. The molecule has 6 heteroatoms. The largest absolute Gasteiger partial charge is 0.395 e. The van der Waals surface area contributed by atoms with Gasteiger partial charge in [-0.25, -0.2) is 0 Å². The van der Waals surface area contributed by atoms with E-state index in [4.69, 9.17) is 4.52 Å². The van der Waals surface area contributed by atoms with Crippen molar-refractivity contribution in [2.24, 2.45) is 0 Å². The van der Waals surface area contributed by atoms with Gasteiger partial charge < -0.3 is 9.63 Å². The molecule has 3 fully saturated rings. The molecule has 1 aromatic rings. The number of likely N-dealkylation sites (tertiary alicyclic amines) is 2. The molecular weight excluding hydrogens is 280 g/mol. The third-order valence-electron chi connectivity index (χ3n) is 5.42. The summed E-state index contributed by atoms with van der Waals surface area (Å²) in [5, 5.41) is 13.6. The molecule has 1 aliphatic carbocycles. The molecule has 2 atom stereocenters. The minimum atomic E-state index is 0.293. The van der Waals surface area contributed by atoms with Crippen molar-refractivity contribution < 1.29 is 9.63 Å². The van der Waals surface area contributed by atoms with E-state index in [1.165, 1.54) is 32.1 Å². The number of nitrogens with zero attached hydrogens (tertiary/aromatic N) is 4. The predicted octanol–water partition coefficient (Wildman–Crippen LogP) is 1.37. The Hall–Kier alpha value is -0.980. The van der Waals surface area contributed by atoms with Gasteiger partial charge in [-0.3, -0.25) is 9.80 Å². The topological polar surface area (TPSA) is 65.6 Å². The van der Waals surface area contributed by atoms with Gasteiger partial charge in [0, 0.05) is 24.5 Å². The number of aliphatic hydroxyl groups excluding tert-OH is 1. The van der Waals surface area contributed by atoms with Crippen LogP contribution in [-0.2, 0) is 6.54 Å². The SMILES string of the molecule is OCC1CCCN1CC1CCCN1Cc1nc(C2CC2)no1. The van der Waals surface area contributed by atoms with Crippen molar-refractivity contribution in [2.75, 3.05) is 26.2 Å². The molecule has 3 aliphatic rings. The third kappa shape index (κ3) is 3.05. The predicted molar refractivity (Wildman–Crippen MR) is 81.4 cm³/mol. The molecule has 1 aromatic heterocycles. The Labute approximate surface area is 131 Å². The first-order chi connectivity index (χ1) is 10.8. The highest BCUT2D eigenvalue weighted by Gasteiger charge is 2.33. The Morgan fingerprint density at radius 1 is 1.05 bits per heavy atom. The van der Waals surface area contributed by atoms with Crippen LogP contribution in [0.25, 0.3) is 0 Å². The molecule has 0 radical (unpaired) electrons. The summed E-state index contributed by atoms with van der Waals surface area (Å²) >= 11 is 0. The smallest absolute Gasteiger partial charge is 0.240 e. The molecule has 0 bridgehead atoms. The molecule has 0 amide bonds. The highest BCUT2D eigenvalue weighted by Crippen LogP contribution is 2.38. The van der Waals surface area contributed by atoms with E-state index >= 15 is 0 Å². The van der Waals surface area contributed by atoms with Gasteiger partial charge in [0.1, 0.15) is 0 Å². The van der Waals surface area contributed by atoms with Crippen molar-refractivity contribution in [3.8, 4) is 0 Å². The van der Waals surface area contributed by atoms with Crippen molar-refractivity contribution in [1.29, 1.82) is 0 Å². The molecule has 122 valence electrons. The Morgan fingerprint density at radius 3 is 2.59 bits per heavy atom. The summed E-state index contributed by atoms with van der Waals surface area (Å²) < 4.78 is 5.43. The summed E-state index contributed by atoms with van der Waals surface area (Å²) in [6, 6.07) is 0.927. The molecule has 0 aromatic carbocycles. The second-order valence-corrected chi connectivity index (χ2v) is 7.06. The van der Waals surface area contributed by atoms with Crippen molar-refractivity contribution in [3.05, 3.63) is 11.7 Å². The van der Waals surface area contributed by atoms with Gasteiger partial charge in [0.25, 0.3) is 0 Å². The second-order valence-electron chi connectivity index (χ2n) is 7.06. The molecule has 2 aliphatic heterocycles. The lowest BCUT2D eigenvalue weighted by Crippen LogP contribution is -2.43. The first-order valence-electron chi connectivity index (χ1n) is 8.75. The molecule has 1 N–H and O–H groups in total. The minimum absolute atomic E-state index is 0.293. The standard InChI is InChI=1S/C16H26N4O2/c21-11-14-4-2-7-19(14)9-13-3-1-8-20(13)10-15-17-16(18-22-15)12-5-6-12/h12-14,21H,1-11H2. The Kier molecular flexibility index (Phi) is 4.15. The molecule has 1 saturated carbocycles. The third-order valence-corrected chi connectivity index (χ3v) is 5.42. The van der Waals surface area contributed by atoms with Crippen LogP contribution in [0, 0.1) is 0 Å². The monoisotopic (exact) mass is 306 g/mol. The summed E-state index contributed by atoms with van der Waals surface area (Å²) in [5.41, 5.74) is 0. The molecule has 2 unspecified atom stereocenters. The normalized spacial score (nSPS) is 30.4. The van der Waals surface area contributed by atoms with Crippen molar-refractivity contribution in [2.45, 2.75) is 63.1 Å². The fraction of sp³-hybridized carbons (Fsp3) is 0.875. The van der Waals surface area contributed by atoms with Gasteiger partial charge in [-0.15, -0.1) is 0 Å². The zero-order valence-corrected chi connectivity index (χ0v) is 13.2. The van der Waals surface area contributed by atoms with Crippen LogP contribution in [-0.4, -0.2) is 63.4 Å². The summed E-state index contributed by atoms with van der Waals surface area (Å²) in [6.45, 7) is 4.38. The molecular formula is C16H26N4O2. The van der Waals surface area contributed by atoms with E-state index < -0.39 is 0 Å². The van der Waals surface area contributed by atoms with E-state index in [1.54, 1.807) is 0 Å². The maximum absolute atomic E-state index is 9.48. The summed E-state index contributed by atoms with van der Waals surface area (Å²) in [7, 11) is 0. The summed E-state index contributed by atoms with van der Waals surface area (Å²) in [4.78, 5) is 9.51. The highest BCUT2D eigenvalue weighted by atomic mass is 16.5. The summed E-state index contributed by atoms with van der Waals surface area (Å²) in [5.74, 6) is 2.24. The Bertz CT molecular complexity index is 502. The van der Waals surface area contributed by atoms with Crippen molar-refractivity contribution >= 4 is 0 Å². The van der Waals surface area contributed by atoms with Gasteiger partial charge >= 0.3 is 0 Å². The van der Waals surface area contributed by atoms with Crippen molar-refractivity contribution in [3.63, 3.8) is 0 Å². The van der Waals surface area contributed by atoms with Gasteiger partial charge in [0.15, 0.2) is 5.82 Å². The molecule has 0 spiro atoms. The van der Waals surface area contributed by atoms with Crippen LogP contribution in [0.5, 0.6) is 0 Å². The average Bonchev–Trinajstić information content (AvgIpc) is 2.94. The second kappa shape index (κ2) is 6.26. The van der Waals surface area contributed by atoms with Crippen LogP contribution in [0.3, 0.4) is 0 Å². The average molecular weight is 306 g/mol. The van der Waals surface area contributed by atoms with E-state index in [0.717, 1.165) is 44.3 Å². The lowest BCUT2D eigenvalue weighted by atomic mass is 10.2. The number of aromatic nitrogens is 2. The maximum atomic E-state index is 9.48. The lowest BCUT2D eigenvalue weighted by Gasteiger charge is -2.30. The maximum Gasteiger partial charge on any atom is 0.240 e. The highest BCUT2D eigenvalue weighted by molar-refractivity contribution is 5.03. The minimum Gasteiger partial charge on any atom is -0.395 e.